The van der Waals surface area contributed by atoms with E-state index in [1.165, 1.54) is 18.2 Å². The number of hydrogen-bond donors (Lipinski definition) is 3. The number of oxime groups is 1. The van der Waals surface area contributed by atoms with Gasteiger partial charge in [0.2, 0.25) is 11.7 Å². The molecule has 0 saturated carbocycles. The first-order valence-corrected chi connectivity index (χ1v) is 9.04. The van der Waals surface area contributed by atoms with Crippen molar-refractivity contribution in [2.45, 2.75) is 6.61 Å². The van der Waals surface area contributed by atoms with Crippen molar-refractivity contribution in [1.29, 1.82) is 0 Å². The first-order chi connectivity index (χ1) is 14.1. The highest BCUT2D eigenvalue weighted by atomic mass is 79.9. The molecule has 0 saturated heterocycles. The standard InChI is InChI=1S/C18H15BrFN5O4/c19-13-8-12(6-7-14(13)20)21-17(23-27)16-18(25-29-24-16)22-15(26)10-28-9-11-4-2-1-3-5-11/h1-8,27H,9-10H2,(H,21,23)(H,22,25,26). The molecule has 1 heterocycles. The molecule has 0 spiro atoms. The average molecular weight is 464 g/mol. The van der Waals surface area contributed by atoms with E-state index in [-0.39, 0.29) is 35.0 Å². The Hall–Kier alpha value is -3.31. The molecule has 0 unspecified atom stereocenters. The number of amides is 1. The molecule has 0 radical (unpaired) electrons. The van der Waals surface area contributed by atoms with Gasteiger partial charge >= 0.3 is 0 Å². The van der Waals surface area contributed by atoms with Gasteiger partial charge in [0, 0.05) is 5.69 Å². The lowest BCUT2D eigenvalue weighted by Gasteiger charge is -2.08. The van der Waals surface area contributed by atoms with Crippen molar-refractivity contribution >= 4 is 39.2 Å². The SMILES string of the molecule is O=C(COCc1ccccc1)Nc1nonc1/C(=N\O)Nc1ccc(F)c(Br)c1. The van der Waals surface area contributed by atoms with Crippen molar-refractivity contribution in [3.8, 4) is 0 Å². The topological polar surface area (TPSA) is 122 Å². The Morgan fingerprint density at radius 1 is 1.21 bits per heavy atom. The minimum atomic E-state index is -0.500. The molecule has 1 aromatic heterocycles. The molecule has 150 valence electrons. The molecular weight excluding hydrogens is 449 g/mol. The molecule has 2 aromatic carbocycles. The Kier molecular flexibility index (Phi) is 6.87. The number of carbonyl (C=O) groups is 1. The number of amidine groups is 1. The van der Waals surface area contributed by atoms with Crippen LogP contribution in [0.2, 0.25) is 0 Å². The van der Waals surface area contributed by atoms with Crippen LogP contribution in [0.4, 0.5) is 15.9 Å². The second-order valence-electron chi connectivity index (χ2n) is 5.69. The van der Waals surface area contributed by atoms with Crippen LogP contribution >= 0.6 is 15.9 Å². The van der Waals surface area contributed by atoms with Gasteiger partial charge in [-0.3, -0.25) is 4.79 Å². The summed E-state index contributed by atoms with van der Waals surface area (Å²) in [4.78, 5) is 12.1. The lowest BCUT2D eigenvalue weighted by Crippen LogP contribution is -2.22. The fourth-order valence-electron chi connectivity index (χ4n) is 2.27. The maximum Gasteiger partial charge on any atom is 0.251 e. The summed E-state index contributed by atoms with van der Waals surface area (Å²) >= 11 is 3.06. The summed E-state index contributed by atoms with van der Waals surface area (Å²) in [5.41, 5.74) is 1.27. The number of nitrogens with one attached hydrogen (secondary N) is 2. The van der Waals surface area contributed by atoms with Crippen LogP contribution in [-0.2, 0) is 16.1 Å². The van der Waals surface area contributed by atoms with Crippen LogP contribution in [0.5, 0.6) is 0 Å². The summed E-state index contributed by atoms with van der Waals surface area (Å²) in [6, 6.07) is 13.5. The Balaban J connectivity index is 1.61. The number of aromatic nitrogens is 2. The molecule has 0 fully saturated rings. The largest absolute Gasteiger partial charge is 0.409 e. The number of anilines is 2. The zero-order valence-electron chi connectivity index (χ0n) is 14.8. The van der Waals surface area contributed by atoms with Gasteiger partial charge in [-0.15, -0.1) is 0 Å². The smallest absolute Gasteiger partial charge is 0.251 e. The van der Waals surface area contributed by atoms with Gasteiger partial charge < -0.3 is 20.6 Å². The van der Waals surface area contributed by atoms with Gasteiger partial charge in [-0.25, -0.2) is 9.02 Å². The van der Waals surface area contributed by atoms with Crippen molar-refractivity contribution in [2.24, 2.45) is 5.16 Å². The summed E-state index contributed by atoms with van der Waals surface area (Å²) in [6.07, 6.45) is 0. The van der Waals surface area contributed by atoms with E-state index < -0.39 is 11.7 Å². The second-order valence-corrected chi connectivity index (χ2v) is 6.54. The third-order valence-corrected chi connectivity index (χ3v) is 4.21. The molecule has 0 aliphatic heterocycles. The Morgan fingerprint density at radius 2 is 2.00 bits per heavy atom. The maximum absolute atomic E-state index is 13.4. The van der Waals surface area contributed by atoms with E-state index in [4.69, 9.17) is 4.74 Å². The van der Waals surface area contributed by atoms with Crippen LogP contribution in [0.3, 0.4) is 0 Å². The van der Waals surface area contributed by atoms with E-state index in [0.717, 1.165) is 5.56 Å². The Labute approximate surface area is 172 Å². The van der Waals surface area contributed by atoms with Gasteiger partial charge in [0.25, 0.3) is 5.91 Å². The first-order valence-electron chi connectivity index (χ1n) is 8.25. The van der Waals surface area contributed by atoms with Crippen molar-refractivity contribution in [3.05, 3.63) is 70.1 Å². The zero-order valence-corrected chi connectivity index (χ0v) is 16.4. The molecule has 0 atom stereocenters. The van der Waals surface area contributed by atoms with Crippen molar-refractivity contribution in [1.82, 2.24) is 10.3 Å². The van der Waals surface area contributed by atoms with Gasteiger partial charge in [0.05, 0.1) is 11.1 Å². The van der Waals surface area contributed by atoms with Crippen LogP contribution in [0.15, 0.2) is 62.8 Å². The molecule has 29 heavy (non-hydrogen) atoms. The average Bonchev–Trinajstić information content (AvgIpc) is 3.17. The van der Waals surface area contributed by atoms with E-state index in [1.54, 1.807) is 0 Å². The second kappa shape index (κ2) is 9.75. The van der Waals surface area contributed by atoms with E-state index in [0.29, 0.717) is 5.69 Å². The summed E-state index contributed by atoms with van der Waals surface area (Å²) in [7, 11) is 0. The monoisotopic (exact) mass is 463 g/mol. The van der Waals surface area contributed by atoms with Crippen LogP contribution in [-0.4, -0.2) is 33.9 Å². The molecule has 0 aliphatic carbocycles. The molecule has 1 amide bonds. The fraction of sp³-hybridized carbons (Fsp3) is 0.111. The summed E-state index contributed by atoms with van der Waals surface area (Å²) in [5, 5.41) is 24.8. The van der Waals surface area contributed by atoms with Crippen LogP contribution in [0, 0.1) is 5.82 Å². The van der Waals surface area contributed by atoms with Gasteiger partial charge in [-0.2, -0.15) is 0 Å². The van der Waals surface area contributed by atoms with Crippen molar-refractivity contribution in [2.75, 3.05) is 17.2 Å². The molecule has 0 bridgehead atoms. The number of ether oxygens (including phenoxy) is 1. The first kappa shape index (κ1) is 20.4. The third-order valence-electron chi connectivity index (χ3n) is 3.60. The minimum absolute atomic E-state index is 0.0515. The summed E-state index contributed by atoms with van der Waals surface area (Å²) in [5.74, 6) is -1.19. The number of benzene rings is 2. The van der Waals surface area contributed by atoms with Crippen LogP contribution in [0.25, 0.3) is 0 Å². The van der Waals surface area contributed by atoms with E-state index in [1.807, 2.05) is 30.3 Å². The van der Waals surface area contributed by atoms with Gasteiger partial charge in [0.1, 0.15) is 12.4 Å². The lowest BCUT2D eigenvalue weighted by atomic mass is 10.2. The zero-order chi connectivity index (χ0) is 20.6. The van der Waals surface area contributed by atoms with Crippen molar-refractivity contribution in [3.63, 3.8) is 0 Å². The van der Waals surface area contributed by atoms with Gasteiger partial charge in [-0.05, 0) is 50.0 Å². The molecule has 0 aliphatic rings. The maximum atomic E-state index is 13.4. The van der Waals surface area contributed by atoms with E-state index >= 15 is 0 Å². The van der Waals surface area contributed by atoms with Gasteiger partial charge in [0.15, 0.2) is 5.69 Å². The third kappa shape index (κ3) is 5.59. The molecule has 3 rings (SSSR count). The number of hydrogen-bond acceptors (Lipinski definition) is 7. The van der Waals surface area contributed by atoms with Crippen molar-refractivity contribution < 1.29 is 23.8 Å². The van der Waals surface area contributed by atoms with E-state index in [9.17, 15) is 14.4 Å². The van der Waals surface area contributed by atoms with Gasteiger partial charge in [-0.1, -0.05) is 35.5 Å². The number of rotatable bonds is 7. The Bertz CT molecular complexity index is 1010. The lowest BCUT2D eigenvalue weighted by molar-refractivity contribution is -0.121. The molecule has 3 aromatic rings. The fourth-order valence-corrected chi connectivity index (χ4v) is 2.65. The summed E-state index contributed by atoms with van der Waals surface area (Å²) in [6.45, 7) is 0.0354. The quantitative estimate of drug-likeness (QED) is 0.212. The molecule has 9 nitrogen and oxygen atoms in total. The number of nitrogens with zero attached hydrogens (tertiary/aromatic N) is 3. The summed E-state index contributed by atoms with van der Waals surface area (Å²) < 4.78 is 23.5. The predicted molar refractivity (Wildman–Crippen MR) is 105 cm³/mol. The molecular formula is C18H15BrFN5O4. The number of carbonyl (C=O) groups excluding carboxylic acids is 1. The molecule has 3 N–H and O–H groups in total. The highest BCUT2D eigenvalue weighted by molar-refractivity contribution is 9.10. The number of halogens is 2. The van der Waals surface area contributed by atoms with Crippen LogP contribution in [0.1, 0.15) is 11.3 Å². The highest BCUT2D eigenvalue weighted by Gasteiger charge is 2.20. The van der Waals surface area contributed by atoms with Crippen LogP contribution < -0.4 is 10.6 Å². The Morgan fingerprint density at radius 3 is 2.72 bits per heavy atom. The molecule has 11 heteroatoms. The normalized spacial score (nSPS) is 11.3. The highest BCUT2D eigenvalue weighted by Crippen LogP contribution is 2.21. The predicted octanol–water partition coefficient (Wildman–Crippen LogP) is 3.37. The van der Waals surface area contributed by atoms with E-state index in [2.05, 4.69) is 46.7 Å². The minimum Gasteiger partial charge on any atom is -0.409 e.